The van der Waals surface area contributed by atoms with E-state index in [1.165, 1.54) is 11.3 Å². The molecule has 1 fully saturated rings. The molecule has 2 aromatic rings. The summed E-state index contributed by atoms with van der Waals surface area (Å²) in [6.07, 6.45) is 1.37. The molecular formula is C21H28Cl2N6O2S. The molecule has 3 atom stereocenters. The van der Waals surface area contributed by atoms with E-state index in [9.17, 15) is 9.59 Å². The molecule has 1 aliphatic heterocycles. The maximum Gasteiger partial charge on any atom is 0.237 e. The first-order valence-corrected chi connectivity index (χ1v) is 10.6. The van der Waals surface area contributed by atoms with Crippen molar-refractivity contribution < 1.29 is 9.59 Å². The van der Waals surface area contributed by atoms with E-state index in [0.29, 0.717) is 30.2 Å². The second-order valence-corrected chi connectivity index (χ2v) is 8.84. The lowest BCUT2D eigenvalue weighted by molar-refractivity contribution is -0.129. The van der Waals surface area contributed by atoms with Crippen LogP contribution in [0.15, 0.2) is 24.3 Å². The number of carbonyl (C=O) groups is 2. The van der Waals surface area contributed by atoms with Crippen LogP contribution in [-0.2, 0) is 22.6 Å². The topological polar surface area (TPSA) is 138 Å². The first kappa shape index (κ1) is 27.7. The quantitative estimate of drug-likeness (QED) is 0.534. The van der Waals surface area contributed by atoms with Crippen LogP contribution in [0.4, 0.5) is 5.82 Å². The number of carbonyl (C=O) groups excluding carboxylic acids is 2. The third-order valence-electron chi connectivity index (χ3n) is 5.56. The summed E-state index contributed by atoms with van der Waals surface area (Å²) < 4.78 is 0. The van der Waals surface area contributed by atoms with Crippen molar-refractivity contribution in [3.05, 3.63) is 45.3 Å². The highest BCUT2D eigenvalue weighted by molar-refractivity contribution is 7.12. The minimum Gasteiger partial charge on any atom is -0.384 e. The van der Waals surface area contributed by atoms with E-state index in [1.807, 2.05) is 30.0 Å². The van der Waals surface area contributed by atoms with Crippen LogP contribution in [0.5, 0.6) is 0 Å². The highest BCUT2D eigenvalue weighted by Gasteiger charge is 2.40. The average Bonchev–Trinajstić information content (AvgIpc) is 3.33. The maximum atomic E-state index is 12.8. The molecular weight excluding hydrogens is 471 g/mol. The molecule has 0 radical (unpaired) electrons. The molecule has 11 heteroatoms. The monoisotopic (exact) mass is 498 g/mol. The van der Waals surface area contributed by atoms with Crippen molar-refractivity contribution in [3.63, 3.8) is 0 Å². The van der Waals surface area contributed by atoms with Gasteiger partial charge in [0.2, 0.25) is 11.8 Å². The lowest BCUT2D eigenvalue weighted by Crippen LogP contribution is -2.51. The fraction of sp³-hybridized carbons (Fsp3) is 0.429. The van der Waals surface area contributed by atoms with E-state index in [0.717, 1.165) is 22.6 Å². The highest BCUT2D eigenvalue weighted by Crippen LogP contribution is 2.30. The molecule has 2 amide bonds. The Hall–Kier alpha value is -2.38. The lowest BCUT2D eigenvalue weighted by atomic mass is 10.0. The van der Waals surface area contributed by atoms with Crippen molar-refractivity contribution in [3.8, 4) is 6.07 Å². The summed E-state index contributed by atoms with van der Waals surface area (Å²) in [5.74, 6) is 0.0584. The Labute approximate surface area is 204 Å². The van der Waals surface area contributed by atoms with Crippen LogP contribution < -0.4 is 16.8 Å². The maximum absolute atomic E-state index is 12.8. The molecule has 5 N–H and O–H groups in total. The number of amides is 2. The number of aromatic nitrogens is 1. The van der Waals surface area contributed by atoms with Gasteiger partial charge in [-0.1, -0.05) is 6.07 Å². The third kappa shape index (κ3) is 6.56. The fourth-order valence-electron chi connectivity index (χ4n) is 3.92. The van der Waals surface area contributed by atoms with Gasteiger partial charge >= 0.3 is 0 Å². The van der Waals surface area contributed by atoms with Crippen LogP contribution in [0.1, 0.15) is 34.4 Å². The van der Waals surface area contributed by atoms with Gasteiger partial charge in [-0.25, -0.2) is 4.98 Å². The molecule has 2 aromatic heterocycles. The number of hydrogen-bond acceptors (Lipinski definition) is 7. The van der Waals surface area contributed by atoms with E-state index >= 15 is 0 Å². The molecule has 0 aliphatic carbocycles. The summed E-state index contributed by atoms with van der Waals surface area (Å²) >= 11 is 1.46. The van der Waals surface area contributed by atoms with Crippen LogP contribution >= 0.6 is 36.2 Å². The van der Waals surface area contributed by atoms with Crippen molar-refractivity contribution >= 4 is 53.8 Å². The average molecular weight is 499 g/mol. The molecule has 0 spiro atoms. The summed E-state index contributed by atoms with van der Waals surface area (Å²) in [6.45, 7) is 4.58. The number of anilines is 1. The molecule has 2 unspecified atom stereocenters. The van der Waals surface area contributed by atoms with Gasteiger partial charge in [0.15, 0.2) is 0 Å². The number of hydrogen-bond donors (Lipinski definition) is 3. The minimum absolute atomic E-state index is 0. The Kier molecular flexibility index (Phi) is 10.4. The van der Waals surface area contributed by atoms with Crippen LogP contribution in [0.3, 0.4) is 0 Å². The Morgan fingerprint density at radius 1 is 1.34 bits per heavy atom. The number of nitrogens with zero attached hydrogens (tertiary/aromatic N) is 3. The molecule has 3 rings (SSSR count). The molecule has 8 nitrogen and oxygen atoms in total. The van der Waals surface area contributed by atoms with E-state index in [-0.39, 0.29) is 36.6 Å². The summed E-state index contributed by atoms with van der Waals surface area (Å²) in [4.78, 5) is 32.7. The van der Waals surface area contributed by atoms with Crippen molar-refractivity contribution in [2.45, 2.75) is 45.3 Å². The SMILES string of the molecule is Cc1nc(N)ccc1CNC(=O)[C@H](C)N1CC(Cc2ccc(C#N)s2)CC1C(N)=O.Cl.Cl. The van der Waals surface area contributed by atoms with Crippen LogP contribution in [-0.4, -0.2) is 40.3 Å². The Morgan fingerprint density at radius 3 is 2.66 bits per heavy atom. The molecule has 174 valence electrons. The first-order chi connectivity index (χ1) is 14.3. The van der Waals surface area contributed by atoms with Crippen LogP contribution in [0, 0.1) is 24.2 Å². The van der Waals surface area contributed by atoms with Crippen LogP contribution in [0.25, 0.3) is 0 Å². The van der Waals surface area contributed by atoms with Gasteiger partial charge in [0.05, 0.1) is 12.1 Å². The number of nitrogens with two attached hydrogens (primary N) is 2. The van der Waals surface area contributed by atoms with Gasteiger partial charge in [0, 0.05) is 23.7 Å². The highest BCUT2D eigenvalue weighted by atomic mass is 35.5. The van der Waals surface area contributed by atoms with E-state index in [4.69, 9.17) is 16.7 Å². The van der Waals surface area contributed by atoms with Gasteiger partial charge in [-0.15, -0.1) is 36.2 Å². The molecule has 0 aromatic carbocycles. The van der Waals surface area contributed by atoms with Crippen LogP contribution in [0.2, 0.25) is 0 Å². The number of likely N-dealkylation sites (tertiary alicyclic amines) is 1. The van der Waals surface area contributed by atoms with E-state index in [2.05, 4.69) is 16.4 Å². The Bertz CT molecular complexity index is 993. The predicted molar refractivity (Wildman–Crippen MR) is 130 cm³/mol. The standard InChI is InChI=1S/C21H26N6O2S.2ClH/c1-12-15(3-6-19(23)26-12)10-25-21(29)13(2)27-11-14(8-18(27)20(24)28)7-16-4-5-17(9-22)30-16;;/h3-6,13-14,18H,7-8,10-11H2,1-2H3,(H2,23,26)(H2,24,28)(H,25,29);2*1H/t13-,14?,18?;;/m0../s1. The van der Waals surface area contributed by atoms with Crippen molar-refractivity contribution in [1.29, 1.82) is 5.26 Å². The van der Waals surface area contributed by atoms with Crippen molar-refractivity contribution in [1.82, 2.24) is 15.2 Å². The number of rotatable bonds is 7. The normalized spacial score (nSPS) is 18.7. The number of pyridine rings is 1. The van der Waals surface area contributed by atoms with Crippen molar-refractivity contribution in [2.24, 2.45) is 11.7 Å². The van der Waals surface area contributed by atoms with Gasteiger partial charge in [-0.05, 0) is 56.4 Å². The predicted octanol–water partition coefficient (Wildman–Crippen LogP) is 2.17. The fourth-order valence-corrected chi connectivity index (χ4v) is 4.83. The van der Waals surface area contributed by atoms with Gasteiger partial charge < -0.3 is 16.8 Å². The molecule has 1 aliphatic rings. The van der Waals surface area contributed by atoms with Crippen molar-refractivity contribution in [2.75, 3.05) is 12.3 Å². The van der Waals surface area contributed by atoms with Gasteiger partial charge in [-0.2, -0.15) is 5.26 Å². The second-order valence-electron chi connectivity index (χ2n) is 7.67. The summed E-state index contributed by atoms with van der Waals surface area (Å²) in [7, 11) is 0. The van der Waals surface area contributed by atoms with E-state index in [1.54, 1.807) is 13.0 Å². The third-order valence-corrected chi connectivity index (χ3v) is 6.58. The molecule has 1 saturated heterocycles. The zero-order valence-corrected chi connectivity index (χ0v) is 20.4. The largest absolute Gasteiger partial charge is 0.384 e. The minimum atomic E-state index is -0.493. The Balaban J connectivity index is 0.00000256. The van der Waals surface area contributed by atoms with Gasteiger partial charge in [-0.3, -0.25) is 14.5 Å². The number of nitrogen functional groups attached to an aromatic ring is 1. The molecule has 0 bridgehead atoms. The van der Waals surface area contributed by atoms with E-state index < -0.39 is 18.0 Å². The second kappa shape index (κ2) is 12.0. The zero-order valence-electron chi connectivity index (χ0n) is 17.9. The zero-order chi connectivity index (χ0) is 21.8. The number of thiophene rings is 1. The number of aryl methyl sites for hydroxylation is 1. The number of nitriles is 1. The molecule has 3 heterocycles. The number of nitrogens with one attached hydrogen (secondary N) is 1. The van der Waals surface area contributed by atoms with Gasteiger partial charge in [0.25, 0.3) is 0 Å². The molecule has 32 heavy (non-hydrogen) atoms. The number of primary amides is 1. The Morgan fingerprint density at radius 2 is 2.06 bits per heavy atom. The molecule has 0 saturated carbocycles. The number of halogens is 2. The van der Waals surface area contributed by atoms with Gasteiger partial charge in [0.1, 0.15) is 16.8 Å². The first-order valence-electron chi connectivity index (χ1n) is 9.82. The lowest BCUT2D eigenvalue weighted by Gasteiger charge is -2.28. The smallest absolute Gasteiger partial charge is 0.237 e. The summed E-state index contributed by atoms with van der Waals surface area (Å²) in [5, 5.41) is 11.9. The summed E-state index contributed by atoms with van der Waals surface area (Å²) in [5.41, 5.74) is 13.0. The summed E-state index contributed by atoms with van der Waals surface area (Å²) in [6, 6.07) is 8.48.